The highest BCUT2D eigenvalue weighted by Gasteiger charge is 2.27. The van der Waals surface area contributed by atoms with E-state index in [-0.39, 0.29) is 11.7 Å². The molecule has 0 unspecified atom stereocenters. The fourth-order valence-electron chi connectivity index (χ4n) is 3.41. The zero-order valence-electron chi connectivity index (χ0n) is 16.6. The zero-order chi connectivity index (χ0) is 21.8. The predicted molar refractivity (Wildman–Crippen MR) is 118 cm³/mol. The number of imidazole rings is 1. The van der Waals surface area contributed by atoms with Crippen molar-refractivity contribution in [2.45, 2.75) is 24.5 Å². The molecular formula is C22H20ClN3O4S. The van der Waals surface area contributed by atoms with Crippen LogP contribution in [0.3, 0.4) is 0 Å². The standard InChI is InChI=1S/C22H20ClN3O4S/c23-16-8-9-18-17(11-16)24-22(26(18)12-15-5-2-1-3-6-15)31-14-21(29)30-13-20(28)25-10-4-7-19(25)27/h1-3,5-6,8-9,11H,4,7,10,12-14H2. The normalized spacial score (nSPS) is 13.7. The largest absolute Gasteiger partial charge is 0.455 e. The van der Waals surface area contributed by atoms with E-state index in [4.69, 9.17) is 16.3 Å². The summed E-state index contributed by atoms with van der Waals surface area (Å²) in [6.45, 7) is 0.545. The van der Waals surface area contributed by atoms with Gasteiger partial charge in [-0.05, 0) is 30.2 Å². The van der Waals surface area contributed by atoms with Crippen molar-refractivity contribution < 1.29 is 19.1 Å². The second-order valence-corrected chi connectivity index (χ2v) is 8.47. The van der Waals surface area contributed by atoms with Crippen LogP contribution in [0, 0.1) is 0 Å². The van der Waals surface area contributed by atoms with Gasteiger partial charge in [0, 0.05) is 18.0 Å². The van der Waals surface area contributed by atoms with Crippen LogP contribution in [0.5, 0.6) is 0 Å². The Balaban J connectivity index is 1.43. The number of carbonyl (C=O) groups excluding carboxylic acids is 3. The molecule has 0 radical (unpaired) electrons. The molecule has 2 heterocycles. The van der Waals surface area contributed by atoms with E-state index in [1.807, 2.05) is 41.0 Å². The Morgan fingerprint density at radius 2 is 1.97 bits per heavy atom. The Morgan fingerprint density at radius 1 is 1.16 bits per heavy atom. The molecule has 7 nitrogen and oxygen atoms in total. The Kier molecular flexibility index (Phi) is 6.58. The lowest BCUT2D eigenvalue weighted by Crippen LogP contribution is -2.35. The van der Waals surface area contributed by atoms with Crippen molar-refractivity contribution >= 4 is 52.2 Å². The molecule has 1 aromatic heterocycles. The molecule has 1 saturated heterocycles. The lowest BCUT2D eigenvalue weighted by atomic mass is 10.2. The molecule has 1 aliphatic rings. The number of hydrogen-bond acceptors (Lipinski definition) is 6. The van der Waals surface area contributed by atoms with Gasteiger partial charge in [-0.2, -0.15) is 0 Å². The molecule has 0 bridgehead atoms. The van der Waals surface area contributed by atoms with E-state index in [1.54, 1.807) is 12.1 Å². The summed E-state index contributed by atoms with van der Waals surface area (Å²) in [5.74, 6) is -1.25. The zero-order valence-corrected chi connectivity index (χ0v) is 18.2. The van der Waals surface area contributed by atoms with Gasteiger partial charge in [0.1, 0.15) is 0 Å². The van der Waals surface area contributed by atoms with E-state index in [1.165, 1.54) is 11.8 Å². The summed E-state index contributed by atoms with van der Waals surface area (Å²) in [5, 5.41) is 1.24. The number of nitrogens with zero attached hydrogens (tertiary/aromatic N) is 3. The minimum atomic E-state index is -0.540. The van der Waals surface area contributed by atoms with E-state index in [9.17, 15) is 14.4 Å². The summed E-state index contributed by atoms with van der Waals surface area (Å²) in [6, 6.07) is 15.4. The minimum absolute atomic E-state index is 0.00687. The third kappa shape index (κ3) is 5.08. The second-order valence-electron chi connectivity index (χ2n) is 7.09. The maximum absolute atomic E-state index is 12.2. The van der Waals surface area contributed by atoms with Gasteiger partial charge in [-0.15, -0.1) is 0 Å². The van der Waals surface area contributed by atoms with E-state index in [0.717, 1.165) is 21.5 Å². The molecule has 0 N–H and O–H groups in total. The molecule has 4 rings (SSSR count). The maximum atomic E-state index is 12.2. The van der Waals surface area contributed by atoms with Gasteiger partial charge in [-0.25, -0.2) is 4.98 Å². The lowest BCUT2D eigenvalue weighted by Gasteiger charge is -2.13. The first-order chi connectivity index (χ1) is 15.0. The molecule has 9 heteroatoms. The average molecular weight is 458 g/mol. The van der Waals surface area contributed by atoms with Gasteiger partial charge >= 0.3 is 5.97 Å². The van der Waals surface area contributed by atoms with Gasteiger partial charge in [0.05, 0.1) is 23.3 Å². The molecule has 0 aliphatic carbocycles. The number of likely N-dealkylation sites (tertiary alicyclic amines) is 1. The van der Waals surface area contributed by atoms with Crippen molar-refractivity contribution in [3.8, 4) is 0 Å². The Morgan fingerprint density at radius 3 is 2.71 bits per heavy atom. The molecule has 0 saturated carbocycles. The molecule has 0 atom stereocenters. The minimum Gasteiger partial charge on any atom is -0.455 e. The average Bonchev–Trinajstić information content (AvgIpc) is 3.34. The summed E-state index contributed by atoms with van der Waals surface area (Å²) >= 11 is 7.35. The molecule has 1 aliphatic heterocycles. The number of imide groups is 1. The molecule has 2 aromatic carbocycles. The molecular weight excluding hydrogens is 438 g/mol. The number of hydrogen-bond donors (Lipinski definition) is 0. The summed E-state index contributed by atoms with van der Waals surface area (Å²) in [4.78, 5) is 41.6. The highest BCUT2D eigenvalue weighted by atomic mass is 35.5. The number of ether oxygens (including phenoxy) is 1. The van der Waals surface area contributed by atoms with Gasteiger partial charge in [0.15, 0.2) is 11.8 Å². The third-order valence-corrected chi connectivity index (χ3v) is 6.09. The van der Waals surface area contributed by atoms with Crippen molar-refractivity contribution in [2.24, 2.45) is 0 Å². The number of amides is 2. The van der Waals surface area contributed by atoms with Crippen LogP contribution in [0.15, 0.2) is 53.7 Å². The Labute approximate surface area is 188 Å². The third-order valence-electron chi connectivity index (χ3n) is 4.91. The second kappa shape index (κ2) is 9.53. The topological polar surface area (TPSA) is 81.5 Å². The van der Waals surface area contributed by atoms with Crippen molar-refractivity contribution in [2.75, 3.05) is 18.9 Å². The first-order valence-electron chi connectivity index (χ1n) is 9.82. The van der Waals surface area contributed by atoms with Crippen LogP contribution in [0.2, 0.25) is 5.02 Å². The van der Waals surface area contributed by atoms with Gasteiger partial charge in [-0.3, -0.25) is 19.3 Å². The molecule has 2 amide bonds. The van der Waals surface area contributed by atoms with Crippen LogP contribution < -0.4 is 0 Å². The fourth-order valence-corrected chi connectivity index (χ4v) is 4.39. The van der Waals surface area contributed by atoms with Crippen LogP contribution in [0.25, 0.3) is 11.0 Å². The number of carbonyl (C=O) groups is 3. The van der Waals surface area contributed by atoms with Crippen LogP contribution in [0.4, 0.5) is 0 Å². The number of esters is 1. The number of benzene rings is 2. The van der Waals surface area contributed by atoms with Crippen LogP contribution in [-0.2, 0) is 25.7 Å². The quantitative estimate of drug-likeness (QED) is 0.399. The Bertz CT molecular complexity index is 1130. The molecule has 31 heavy (non-hydrogen) atoms. The van der Waals surface area contributed by atoms with Crippen LogP contribution in [0.1, 0.15) is 18.4 Å². The van der Waals surface area contributed by atoms with Gasteiger partial charge in [-0.1, -0.05) is 53.7 Å². The summed E-state index contributed by atoms with van der Waals surface area (Å²) in [5.41, 5.74) is 2.75. The van der Waals surface area contributed by atoms with Crippen molar-refractivity contribution in [1.29, 1.82) is 0 Å². The highest BCUT2D eigenvalue weighted by molar-refractivity contribution is 7.99. The van der Waals surface area contributed by atoms with Crippen molar-refractivity contribution in [1.82, 2.24) is 14.5 Å². The lowest BCUT2D eigenvalue weighted by molar-refractivity contribution is -0.153. The maximum Gasteiger partial charge on any atom is 0.316 e. The van der Waals surface area contributed by atoms with Crippen molar-refractivity contribution in [3.63, 3.8) is 0 Å². The first-order valence-corrected chi connectivity index (χ1v) is 11.2. The van der Waals surface area contributed by atoms with Gasteiger partial charge < -0.3 is 9.30 Å². The van der Waals surface area contributed by atoms with Crippen LogP contribution in [-0.4, -0.2) is 51.1 Å². The number of thioether (sulfide) groups is 1. The van der Waals surface area contributed by atoms with Gasteiger partial charge in [0.2, 0.25) is 5.91 Å². The fraction of sp³-hybridized carbons (Fsp3) is 0.273. The van der Waals surface area contributed by atoms with E-state index in [0.29, 0.717) is 36.1 Å². The highest BCUT2D eigenvalue weighted by Crippen LogP contribution is 2.27. The summed E-state index contributed by atoms with van der Waals surface area (Å²) in [7, 11) is 0. The first kappa shape index (κ1) is 21.4. The number of fused-ring (bicyclic) bond motifs is 1. The van der Waals surface area contributed by atoms with Gasteiger partial charge in [0.25, 0.3) is 5.91 Å². The molecule has 0 spiro atoms. The smallest absolute Gasteiger partial charge is 0.316 e. The van der Waals surface area contributed by atoms with E-state index < -0.39 is 18.5 Å². The number of rotatable bonds is 7. The summed E-state index contributed by atoms with van der Waals surface area (Å²) in [6.07, 6.45) is 1.01. The molecule has 1 fully saturated rings. The summed E-state index contributed by atoms with van der Waals surface area (Å²) < 4.78 is 7.10. The Hall–Kier alpha value is -2.84. The molecule has 160 valence electrons. The predicted octanol–water partition coefficient (Wildman–Crippen LogP) is 3.52. The molecule has 3 aromatic rings. The van der Waals surface area contributed by atoms with Crippen molar-refractivity contribution in [3.05, 3.63) is 59.1 Å². The van der Waals surface area contributed by atoms with E-state index >= 15 is 0 Å². The number of aromatic nitrogens is 2. The SMILES string of the molecule is O=C(CSc1nc2cc(Cl)ccc2n1Cc1ccccc1)OCC(=O)N1CCCC1=O. The van der Waals surface area contributed by atoms with E-state index in [2.05, 4.69) is 4.98 Å². The van der Waals surface area contributed by atoms with Crippen LogP contribution >= 0.6 is 23.4 Å². The number of halogens is 1. The monoisotopic (exact) mass is 457 g/mol.